The lowest BCUT2D eigenvalue weighted by atomic mass is 9.74. The van der Waals surface area contributed by atoms with Crippen LogP contribution in [0.15, 0.2) is 30.3 Å². The minimum Gasteiger partial charge on any atom is -0.381 e. The molecule has 1 aromatic carbocycles. The van der Waals surface area contributed by atoms with Gasteiger partial charge in [-0.3, -0.25) is 0 Å². The van der Waals surface area contributed by atoms with Crippen molar-refractivity contribution in [1.82, 2.24) is 15.3 Å². The number of rotatable bonds is 6. The quantitative estimate of drug-likeness (QED) is 0.434. The molecule has 3 aliphatic rings. The second kappa shape index (κ2) is 12.3. The maximum absolute atomic E-state index is 6.36. The van der Waals surface area contributed by atoms with E-state index < -0.39 is 0 Å². The highest BCUT2D eigenvalue weighted by Gasteiger charge is 2.35. The number of anilines is 3. The van der Waals surface area contributed by atoms with Crippen molar-refractivity contribution in [3.63, 3.8) is 0 Å². The van der Waals surface area contributed by atoms with E-state index in [1.165, 1.54) is 37.7 Å². The van der Waals surface area contributed by atoms with Crippen molar-refractivity contribution < 1.29 is 4.74 Å². The number of hydrogen-bond donors (Lipinski definition) is 2. The van der Waals surface area contributed by atoms with Crippen molar-refractivity contribution in [3.05, 3.63) is 40.9 Å². The lowest BCUT2D eigenvalue weighted by Gasteiger charge is -2.38. The van der Waals surface area contributed by atoms with E-state index >= 15 is 0 Å². The van der Waals surface area contributed by atoms with Crippen LogP contribution in [0.25, 0.3) is 0 Å². The Kier molecular flexibility index (Phi) is 8.91. The van der Waals surface area contributed by atoms with Gasteiger partial charge in [0, 0.05) is 61.9 Å². The largest absolute Gasteiger partial charge is 0.381 e. The maximum Gasteiger partial charge on any atom is 0.232 e. The monoisotopic (exact) mass is 556 g/mol. The molecule has 2 atom stereocenters. The predicted octanol–water partition coefficient (Wildman–Crippen LogP) is 5.78. The number of nitrogens with zero attached hydrogens (tertiary/aromatic N) is 4. The lowest BCUT2D eigenvalue weighted by Crippen LogP contribution is -2.45. The third kappa shape index (κ3) is 6.52. The van der Waals surface area contributed by atoms with E-state index in [4.69, 9.17) is 38.5 Å². The van der Waals surface area contributed by atoms with Gasteiger partial charge in [-0.2, -0.15) is 9.97 Å². The molecule has 4 heterocycles. The summed E-state index contributed by atoms with van der Waals surface area (Å²) in [5.74, 6) is 3.21. The molecule has 3 aliphatic heterocycles. The molecule has 9 heteroatoms. The summed E-state index contributed by atoms with van der Waals surface area (Å²) in [5.41, 5.74) is 1.14. The minimum atomic E-state index is -0.0874. The Morgan fingerprint density at radius 2 is 1.89 bits per heavy atom. The highest BCUT2D eigenvalue weighted by atomic mass is 35.5. The molecule has 0 radical (unpaired) electrons. The summed E-state index contributed by atoms with van der Waals surface area (Å²) in [6.45, 7) is 9.86. The first kappa shape index (κ1) is 27.4. The van der Waals surface area contributed by atoms with Gasteiger partial charge in [0.2, 0.25) is 5.95 Å². The first-order chi connectivity index (χ1) is 18.4. The molecule has 0 bridgehead atoms. The van der Waals surface area contributed by atoms with E-state index in [1.807, 2.05) is 12.1 Å². The van der Waals surface area contributed by atoms with Crippen LogP contribution in [-0.2, 0) is 10.2 Å². The van der Waals surface area contributed by atoms with Gasteiger partial charge in [-0.25, -0.2) is 0 Å². The Hall–Kier alpha value is -2.16. The van der Waals surface area contributed by atoms with E-state index in [0.717, 1.165) is 62.3 Å². The summed E-state index contributed by atoms with van der Waals surface area (Å²) >= 11 is 12.1. The van der Waals surface area contributed by atoms with Crippen molar-refractivity contribution in [2.24, 2.45) is 5.92 Å². The molecule has 38 heavy (non-hydrogen) atoms. The third-order valence-corrected chi connectivity index (χ3v) is 8.96. The molecular formula is C29H41ClN6OS. The van der Waals surface area contributed by atoms with Gasteiger partial charge in [0.15, 0.2) is 5.11 Å². The van der Waals surface area contributed by atoms with Crippen molar-refractivity contribution in [2.45, 2.75) is 70.3 Å². The molecule has 2 aromatic rings. The first-order valence-electron chi connectivity index (χ1n) is 14.2. The number of ether oxygens (including phenoxy) is 1. The molecule has 0 aliphatic carbocycles. The van der Waals surface area contributed by atoms with Crippen LogP contribution in [-0.4, -0.2) is 60.5 Å². The summed E-state index contributed by atoms with van der Waals surface area (Å²) in [5, 5.41) is 8.12. The fourth-order valence-corrected chi connectivity index (χ4v) is 6.52. The zero-order chi connectivity index (χ0) is 26.5. The van der Waals surface area contributed by atoms with E-state index in [2.05, 4.69) is 52.5 Å². The Labute approximate surface area is 237 Å². The van der Waals surface area contributed by atoms with Crippen molar-refractivity contribution in [1.29, 1.82) is 0 Å². The zero-order valence-corrected chi connectivity index (χ0v) is 24.3. The van der Waals surface area contributed by atoms with Crippen LogP contribution in [0.3, 0.4) is 0 Å². The van der Waals surface area contributed by atoms with E-state index in [0.29, 0.717) is 29.6 Å². The van der Waals surface area contributed by atoms with Crippen LogP contribution < -0.4 is 20.4 Å². The molecule has 0 saturated carbocycles. The smallest absolute Gasteiger partial charge is 0.232 e. The van der Waals surface area contributed by atoms with Crippen LogP contribution in [0.1, 0.15) is 64.4 Å². The van der Waals surface area contributed by atoms with Gasteiger partial charge in [-0.15, -0.1) is 0 Å². The number of benzene rings is 1. The average Bonchev–Trinajstić information content (AvgIpc) is 2.92. The maximum atomic E-state index is 6.36. The van der Waals surface area contributed by atoms with Gasteiger partial charge in [-0.05, 0) is 87.7 Å². The molecule has 3 fully saturated rings. The molecule has 2 unspecified atom stereocenters. The van der Waals surface area contributed by atoms with Crippen LogP contribution in [0.5, 0.6) is 0 Å². The van der Waals surface area contributed by atoms with Gasteiger partial charge in [-0.1, -0.05) is 30.7 Å². The number of halogens is 1. The van der Waals surface area contributed by atoms with Gasteiger partial charge in [0.25, 0.3) is 0 Å². The van der Waals surface area contributed by atoms with Crippen LogP contribution in [0.2, 0.25) is 5.02 Å². The molecule has 5 rings (SSSR count). The summed E-state index contributed by atoms with van der Waals surface area (Å²) in [6, 6.07) is 10.8. The van der Waals surface area contributed by atoms with Gasteiger partial charge in [0.05, 0.1) is 0 Å². The van der Waals surface area contributed by atoms with Crippen molar-refractivity contribution >= 4 is 46.5 Å². The molecule has 206 valence electrons. The normalized spacial score (nSPS) is 23.7. The highest BCUT2D eigenvalue weighted by Crippen LogP contribution is 2.35. The number of aromatic nitrogens is 2. The average molecular weight is 557 g/mol. The van der Waals surface area contributed by atoms with Gasteiger partial charge < -0.3 is 25.2 Å². The summed E-state index contributed by atoms with van der Waals surface area (Å²) in [6.07, 6.45) is 7.96. The van der Waals surface area contributed by atoms with E-state index in [9.17, 15) is 0 Å². The van der Waals surface area contributed by atoms with Gasteiger partial charge in [0.1, 0.15) is 11.6 Å². The molecule has 7 nitrogen and oxygen atoms in total. The van der Waals surface area contributed by atoms with Crippen LogP contribution in [0, 0.1) is 5.92 Å². The topological polar surface area (TPSA) is 65.5 Å². The molecule has 3 saturated heterocycles. The van der Waals surface area contributed by atoms with E-state index in [-0.39, 0.29) is 5.41 Å². The minimum absolute atomic E-state index is 0.0874. The van der Waals surface area contributed by atoms with Crippen LogP contribution >= 0.6 is 23.8 Å². The number of hydrogen-bond acceptors (Lipinski definition) is 6. The molecular weight excluding hydrogens is 516 g/mol. The Morgan fingerprint density at radius 1 is 1.08 bits per heavy atom. The lowest BCUT2D eigenvalue weighted by molar-refractivity contribution is 0.0515. The van der Waals surface area contributed by atoms with Crippen LogP contribution in [0.4, 0.5) is 17.6 Å². The molecule has 1 aromatic heterocycles. The Bertz CT molecular complexity index is 1110. The summed E-state index contributed by atoms with van der Waals surface area (Å²) in [7, 11) is 0. The molecule has 2 N–H and O–H groups in total. The fourth-order valence-electron chi connectivity index (χ4n) is 6.17. The number of piperidine rings is 2. The number of thiocarbonyl (C=S) groups is 1. The van der Waals surface area contributed by atoms with Crippen molar-refractivity contribution in [2.75, 3.05) is 54.5 Å². The fraction of sp³-hybridized carbons (Fsp3) is 0.621. The standard InChI is InChI=1S/C29H41ClN6OS/c1-21-7-6-13-35(19-21)25-18-26(36-14-4-3-8-22(36)2)33-27(32-25)34-28(38)31-20-29(11-15-37-16-12-29)23-9-5-10-24(30)17-23/h5,9-10,17-18,21-22H,3-4,6-8,11-16,19-20H2,1-2H3,(H2,31,32,33,34,38). The predicted molar refractivity (Wildman–Crippen MR) is 161 cm³/mol. The summed E-state index contributed by atoms with van der Waals surface area (Å²) < 4.78 is 5.70. The molecule has 0 spiro atoms. The molecule has 0 amide bonds. The Balaban J connectivity index is 1.34. The Morgan fingerprint density at radius 3 is 2.66 bits per heavy atom. The van der Waals surface area contributed by atoms with E-state index in [1.54, 1.807) is 0 Å². The second-order valence-corrected chi connectivity index (χ2v) is 12.2. The second-order valence-electron chi connectivity index (χ2n) is 11.4. The third-order valence-electron chi connectivity index (χ3n) is 8.48. The highest BCUT2D eigenvalue weighted by molar-refractivity contribution is 7.80. The summed E-state index contributed by atoms with van der Waals surface area (Å²) in [4.78, 5) is 14.7. The van der Waals surface area contributed by atoms with Gasteiger partial charge >= 0.3 is 0 Å². The SMILES string of the molecule is CC1CCCN(c2cc(N3CCCCC3C)nc(NC(=S)NCC3(c4cccc(Cl)c4)CCOCC3)n2)C1. The first-order valence-corrected chi connectivity index (χ1v) is 15.0. The number of nitrogens with one attached hydrogen (secondary N) is 2. The van der Waals surface area contributed by atoms with Crippen molar-refractivity contribution in [3.8, 4) is 0 Å². The zero-order valence-electron chi connectivity index (χ0n) is 22.7.